The fraction of sp³-hybridized carbons (Fsp3) is 0.474. The molecule has 142 valence electrons. The SMILES string of the molecule is COc1ccc(OC)c(C=CC(=O)N2CCCN2C(=S)NCC(C)C)c1. The summed E-state index contributed by atoms with van der Waals surface area (Å²) in [5, 5.41) is 7.33. The summed E-state index contributed by atoms with van der Waals surface area (Å²) < 4.78 is 10.6. The first kappa shape index (κ1) is 20.0. The highest BCUT2D eigenvalue weighted by Crippen LogP contribution is 2.25. The first-order valence-corrected chi connectivity index (χ1v) is 9.14. The zero-order valence-corrected chi connectivity index (χ0v) is 16.6. The van der Waals surface area contributed by atoms with Crippen molar-refractivity contribution in [1.82, 2.24) is 15.3 Å². The minimum absolute atomic E-state index is 0.110. The van der Waals surface area contributed by atoms with E-state index in [-0.39, 0.29) is 5.91 Å². The predicted octanol–water partition coefficient (Wildman–Crippen LogP) is 2.70. The summed E-state index contributed by atoms with van der Waals surface area (Å²) in [5.41, 5.74) is 0.784. The Bertz CT molecular complexity index is 676. The van der Waals surface area contributed by atoms with Crippen LogP contribution in [0, 0.1) is 5.92 Å². The molecule has 0 unspecified atom stereocenters. The second-order valence-electron chi connectivity index (χ2n) is 6.46. The van der Waals surface area contributed by atoms with Gasteiger partial charge in [0.25, 0.3) is 5.91 Å². The van der Waals surface area contributed by atoms with Crippen molar-refractivity contribution in [2.75, 3.05) is 33.9 Å². The minimum Gasteiger partial charge on any atom is -0.497 e. The number of hydrogen-bond donors (Lipinski definition) is 1. The van der Waals surface area contributed by atoms with Gasteiger partial charge in [0.05, 0.1) is 14.2 Å². The maximum Gasteiger partial charge on any atom is 0.265 e. The lowest BCUT2D eigenvalue weighted by molar-refractivity contribution is -0.133. The first-order valence-electron chi connectivity index (χ1n) is 8.73. The summed E-state index contributed by atoms with van der Waals surface area (Å²) in [7, 11) is 3.20. The number of carbonyl (C=O) groups excluding carboxylic acids is 1. The highest BCUT2D eigenvalue weighted by atomic mass is 32.1. The third-order valence-corrected chi connectivity index (χ3v) is 4.38. The van der Waals surface area contributed by atoms with Crippen LogP contribution in [0.1, 0.15) is 25.8 Å². The highest BCUT2D eigenvalue weighted by Gasteiger charge is 2.27. The summed E-state index contributed by atoms with van der Waals surface area (Å²) in [5.74, 6) is 1.77. The monoisotopic (exact) mass is 377 g/mol. The van der Waals surface area contributed by atoms with Crippen LogP contribution < -0.4 is 14.8 Å². The van der Waals surface area contributed by atoms with Crippen LogP contribution in [-0.4, -0.2) is 54.9 Å². The lowest BCUT2D eigenvalue weighted by Gasteiger charge is -2.29. The summed E-state index contributed by atoms with van der Waals surface area (Å²) in [6.45, 7) is 6.42. The quantitative estimate of drug-likeness (QED) is 0.608. The predicted molar refractivity (Wildman–Crippen MR) is 107 cm³/mol. The molecule has 1 saturated heterocycles. The van der Waals surface area contributed by atoms with Crippen molar-refractivity contribution < 1.29 is 14.3 Å². The number of ether oxygens (including phenoxy) is 2. The van der Waals surface area contributed by atoms with Crippen LogP contribution in [0.15, 0.2) is 24.3 Å². The van der Waals surface area contributed by atoms with Crippen LogP contribution in [0.2, 0.25) is 0 Å². The van der Waals surface area contributed by atoms with E-state index in [1.165, 1.54) is 0 Å². The van der Waals surface area contributed by atoms with Crippen molar-refractivity contribution in [3.63, 3.8) is 0 Å². The molecule has 1 N–H and O–H groups in total. The Morgan fingerprint density at radius 2 is 2.00 bits per heavy atom. The van der Waals surface area contributed by atoms with Crippen molar-refractivity contribution in [3.8, 4) is 11.5 Å². The van der Waals surface area contributed by atoms with E-state index in [1.54, 1.807) is 31.4 Å². The molecule has 0 saturated carbocycles. The zero-order valence-electron chi connectivity index (χ0n) is 15.8. The first-order chi connectivity index (χ1) is 12.5. The Labute approximate surface area is 160 Å². The van der Waals surface area contributed by atoms with Gasteiger partial charge in [0.2, 0.25) is 0 Å². The molecule has 0 aliphatic carbocycles. The number of carbonyl (C=O) groups is 1. The van der Waals surface area contributed by atoms with Gasteiger partial charge in [0.15, 0.2) is 5.11 Å². The lowest BCUT2D eigenvalue weighted by atomic mass is 10.1. The molecule has 1 aromatic rings. The van der Waals surface area contributed by atoms with Crippen molar-refractivity contribution in [3.05, 3.63) is 29.8 Å². The molecule has 6 nitrogen and oxygen atoms in total. The van der Waals surface area contributed by atoms with Crippen LogP contribution in [0.4, 0.5) is 0 Å². The average molecular weight is 378 g/mol. The van der Waals surface area contributed by atoms with Crippen molar-refractivity contribution in [2.24, 2.45) is 5.92 Å². The second kappa shape index (κ2) is 9.43. The van der Waals surface area contributed by atoms with Gasteiger partial charge in [-0.15, -0.1) is 0 Å². The van der Waals surface area contributed by atoms with Gasteiger partial charge in [-0.1, -0.05) is 13.8 Å². The Morgan fingerprint density at radius 1 is 1.27 bits per heavy atom. The molecule has 0 radical (unpaired) electrons. The van der Waals surface area contributed by atoms with E-state index in [2.05, 4.69) is 19.2 Å². The molecular weight excluding hydrogens is 350 g/mol. The molecule has 7 heteroatoms. The third-order valence-electron chi connectivity index (χ3n) is 4.02. The van der Waals surface area contributed by atoms with E-state index in [9.17, 15) is 4.79 Å². The minimum atomic E-state index is -0.110. The van der Waals surface area contributed by atoms with Gasteiger partial charge in [-0.05, 0) is 48.8 Å². The molecule has 2 rings (SSSR count). The number of methoxy groups -OCH3 is 2. The third kappa shape index (κ3) is 5.11. The fourth-order valence-electron chi connectivity index (χ4n) is 2.65. The summed E-state index contributed by atoms with van der Waals surface area (Å²) in [4.78, 5) is 12.7. The van der Waals surface area contributed by atoms with Crippen LogP contribution in [0.5, 0.6) is 11.5 Å². The highest BCUT2D eigenvalue weighted by molar-refractivity contribution is 7.80. The van der Waals surface area contributed by atoms with E-state index in [4.69, 9.17) is 21.7 Å². The number of rotatable bonds is 6. The normalized spacial score (nSPS) is 14.2. The van der Waals surface area contributed by atoms with Gasteiger partial charge in [0.1, 0.15) is 11.5 Å². The van der Waals surface area contributed by atoms with E-state index >= 15 is 0 Å². The fourth-order valence-corrected chi connectivity index (χ4v) is 2.92. The molecule has 1 heterocycles. The smallest absolute Gasteiger partial charge is 0.265 e. The number of hydrazine groups is 1. The summed E-state index contributed by atoms with van der Waals surface area (Å²) >= 11 is 5.44. The maximum absolute atomic E-state index is 12.7. The molecule has 0 spiro atoms. The van der Waals surface area contributed by atoms with Crippen molar-refractivity contribution in [1.29, 1.82) is 0 Å². The number of nitrogens with one attached hydrogen (secondary N) is 1. The molecule has 1 aliphatic rings. The molecular formula is C19H27N3O3S. The number of benzene rings is 1. The Hall–Kier alpha value is -2.28. The lowest BCUT2D eigenvalue weighted by Crippen LogP contribution is -2.49. The molecule has 1 amide bonds. The Balaban J connectivity index is 2.08. The summed E-state index contributed by atoms with van der Waals surface area (Å²) in [6, 6.07) is 5.47. The molecule has 26 heavy (non-hydrogen) atoms. The van der Waals surface area contributed by atoms with E-state index in [0.717, 1.165) is 25.1 Å². The van der Waals surface area contributed by atoms with Gasteiger partial charge in [-0.25, -0.2) is 5.01 Å². The Kier molecular flexibility index (Phi) is 7.26. The van der Waals surface area contributed by atoms with Crippen LogP contribution >= 0.6 is 12.2 Å². The van der Waals surface area contributed by atoms with Crippen LogP contribution in [0.25, 0.3) is 6.08 Å². The van der Waals surface area contributed by atoms with Gasteiger partial charge in [-0.3, -0.25) is 9.80 Å². The number of amides is 1. The standard InChI is InChI=1S/C19H27N3O3S/c1-14(2)13-20-19(26)22-11-5-10-21(22)18(23)9-6-15-12-16(24-3)7-8-17(15)25-4/h6-9,12,14H,5,10-11,13H2,1-4H3,(H,20,26). The van der Waals surface area contributed by atoms with E-state index in [0.29, 0.717) is 29.1 Å². The molecule has 1 aromatic carbocycles. The maximum atomic E-state index is 12.7. The number of nitrogens with zero attached hydrogens (tertiary/aromatic N) is 2. The topological polar surface area (TPSA) is 54.0 Å². The molecule has 0 bridgehead atoms. The zero-order chi connectivity index (χ0) is 19.1. The molecule has 0 atom stereocenters. The van der Waals surface area contributed by atoms with Crippen molar-refractivity contribution in [2.45, 2.75) is 20.3 Å². The van der Waals surface area contributed by atoms with Crippen molar-refractivity contribution >= 4 is 29.3 Å². The van der Waals surface area contributed by atoms with Crippen LogP contribution in [-0.2, 0) is 4.79 Å². The van der Waals surface area contributed by atoms with Gasteiger partial charge >= 0.3 is 0 Å². The number of thiocarbonyl (C=S) groups is 1. The molecule has 1 fully saturated rings. The second-order valence-corrected chi connectivity index (χ2v) is 6.85. The van der Waals surface area contributed by atoms with Crippen LogP contribution in [0.3, 0.4) is 0 Å². The van der Waals surface area contributed by atoms with Gasteiger partial charge in [0, 0.05) is 31.3 Å². The average Bonchev–Trinajstić information content (AvgIpc) is 3.13. The largest absolute Gasteiger partial charge is 0.497 e. The Morgan fingerprint density at radius 3 is 2.65 bits per heavy atom. The van der Waals surface area contributed by atoms with Gasteiger partial charge < -0.3 is 14.8 Å². The van der Waals surface area contributed by atoms with E-state index in [1.807, 2.05) is 23.2 Å². The molecule has 0 aromatic heterocycles. The van der Waals surface area contributed by atoms with E-state index < -0.39 is 0 Å². The molecule has 1 aliphatic heterocycles. The summed E-state index contributed by atoms with van der Waals surface area (Å²) in [6.07, 6.45) is 4.18. The number of hydrogen-bond acceptors (Lipinski definition) is 4. The van der Waals surface area contributed by atoms with Gasteiger partial charge in [-0.2, -0.15) is 0 Å².